The van der Waals surface area contributed by atoms with Crippen LogP contribution in [-0.2, 0) is 0 Å². The number of thiophene rings is 1. The zero-order valence-corrected chi connectivity index (χ0v) is 32.5. The second-order valence-corrected chi connectivity index (χ2v) is 16.7. The van der Waals surface area contributed by atoms with Crippen molar-refractivity contribution in [1.82, 2.24) is 0 Å². The summed E-state index contributed by atoms with van der Waals surface area (Å²) in [6, 6.07) is 68.5. The van der Waals surface area contributed by atoms with Gasteiger partial charge in [-0.05, 0) is 126 Å². The number of rotatable bonds is 4. The summed E-state index contributed by atoms with van der Waals surface area (Å²) in [6.45, 7) is 4.35. The van der Waals surface area contributed by atoms with Gasteiger partial charge >= 0.3 is 0 Å². The second-order valence-electron chi connectivity index (χ2n) is 15.7. The Labute approximate surface area is 335 Å². The van der Waals surface area contributed by atoms with Gasteiger partial charge in [-0.2, -0.15) is 0 Å². The van der Waals surface area contributed by atoms with Crippen LogP contribution in [-0.4, -0.2) is 0 Å². The van der Waals surface area contributed by atoms with E-state index in [9.17, 15) is 0 Å². The van der Waals surface area contributed by atoms with Crippen molar-refractivity contribution in [3.05, 3.63) is 193 Å². The van der Waals surface area contributed by atoms with E-state index in [4.69, 9.17) is 0 Å². The standard InChI is InChI=1S/C56H36S/c1-33-21-25-36(26-22-33)51-44-15-5-6-16-45(44)52(37-27-23-34(2)24-28-37)55-47-30-29-41(43-18-10-19-46(53(43)47)54(51)55)48-31-38(40-17-9-12-35-11-3-4-13-39(35)40)32-49-42-14-7-8-20-50(42)57-56(48)49/h3-32H,1-2H3. The van der Waals surface area contributed by atoms with Gasteiger partial charge in [0.2, 0.25) is 0 Å². The summed E-state index contributed by atoms with van der Waals surface area (Å²) in [5.74, 6) is 0. The number of aryl methyl sites for hydroxylation is 2. The average Bonchev–Trinajstić information content (AvgIpc) is 3.80. The lowest BCUT2D eigenvalue weighted by Crippen LogP contribution is -1.93. The molecule has 1 heterocycles. The van der Waals surface area contributed by atoms with E-state index >= 15 is 0 Å². The summed E-state index contributed by atoms with van der Waals surface area (Å²) in [7, 11) is 0. The highest BCUT2D eigenvalue weighted by atomic mass is 32.1. The zero-order valence-electron chi connectivity index (χ0n) is 31.7. The van der Waals surface area contributed by atoms with Crippen LogP contribution >= 0.6 is 11.3 Å². The molecule has 10 aromatic carbocycles. The molecule has 0 nitrogen and oxygen atoms in total. The first kappa shape index (κ1) is 32.4. The van der Waals surface area contributed by atoms with Gasteiger partial charge in [-0.15, -0.1) is 11.3 Å². The minimum Gasteiger partial charge on any atom is -0.135 e. The predicted octanol–water partition coefficient (Wildman–Crippen LogP) is 16.4. The van der Waals surface area contributed by atoms with Crippen molar-refractivity contribution in [2.75, 3.05) is 0 Å². The third-order valence-electron chi connectivity index (χ3n) is 12.3. The molecule has 0 saturated carbocycles. The fourth-order valence-corrected chi connectivity index (χ4v) is 10.9. The fraction of sp³-hybridized carbons (Fsp3) is 0.0357. The second kappa shape index (κ2) is 12.4. The third kappa shape index (κ3) is 4.79. The number of benzene rings is 10. The number of hydrogen-bond acceptors (Lipinski definition) is 1. The molecule has 1 aromatic heterocycles. The maximum atomic E-state index is 2.47. The van der Waals surface area contributed by atoms with E-state index in [0.29, 0.717) is 0 Å². The highest BCUT2D eigenvalue weighted by Crippen LogP contribution is 2.59. The topological polar surface area (TPSA) is 0 Å². The molecule has 0 fully saturated rings. The molecule has 11 aromatic rings. The van der Waals surface area contributed by atoms with Gasteiger partial charge < -0.3 is 0 Å². The Hall–Kier alpha value is -6.80. The van der Waals surface area contributed by atoms with Crippen molar-refractivity contribution in [1.29, 1.82) is 0 Å². The molecule has 1 aliphatic carbocycles. The van der Waals surface area contributed by atoms with Gasteiger partial charge in [-0.25, -0.2) is 0 Å². The van der Waals surface area contributed by atoms with Crippen molar-refractivity contribution in [3.63, 3.8) is 0 Å². The molecule has 0 unspecified atom stereocenters. The molecule has 1 aliphatic rings. The van der Waals surface area contributed by atoms with Crippen LogP contribution in [0.5, 0.6) is 0 Å². The minimum atomic E-state index is 1.25. The first-order valence-electron chi connectivity index (χ1n) is 19.8. The van der Waals surface area contributed by atoms with Crippen molar-refractivity contribution in [2.45, 2.75) is 13.8 Å². The van der Waals surface area contributed by atoms with Crippen LogP contribution in [0.4, 0.5) is 0 Å². The molecule has 1 heteroatoms. The molecular weight excluding hydrogens is 705 g/mol. The molecule has 0 spiro atoms. The fourth-order valence-electron chi connectivity index (χ4n) is 9.74. The normalized spacial score (nSPS) is 12.0. The van der Waals surface area contributed by atoms with Crippen LogP contribution in [0.15, 0.2) is 182 Å². The summed E-state index contributed by atoms with van der Waals surface area (Å²) in [4.78, 5) is 0. The Balaban J connectivity index is 1.20. The first-order chi connectivity index (χ1) is 28.1. The largest absolute Gasteiger partial charge is 0.135 e. The number of hydrogen-bond donors (Lipinski definition) is 0. The van der Waals surface area contributed by atoms with Gasteiger partial charge in [0.1, 0.15) is 0 Å². The van der Waals surface area contributed by atoms with Crippen LogP contribution in [0, 0.1) is 13.8 Å². The molecule has 0 atom stereocenters. The highest BCUT2D eigenvalue weighted by molar-refractivity contribution is 7.26. The average molecular weight is 741 g/mol. The van der Waals surface area contributed by atoms with E-state index in [2.05, 4.69) is 196 Å². The Morgan fingerprint density at radius 2 is 0.842 bits per heavy atom. The number of fused-ring (bicyclic) bond motifs is 8. The zero-order chi connectivity index (χ0) is 37.8. The van der Waals surface area contributed by atoms with Crippen LogP contribution in [0.1, 0.15) is 11.1 Å². The van der Waals surface area contributed by atoms with Crippen LogP contribution in [0.2, 0.25) is 0 Å². The molecule has 0 amide bonds. The third-order valence-corrected chi connectivity index (χ3v) is 13.6. The molecule has 0 bridgehead atoms. The SMILES string of the molecule is Cc1ccc(-c2c3c(c(-c4ccc(C)cc4)c4ccccc24)-c2ccc(-c4cc(-c5cccc6ccccc56)cc5c4sc4ccccc45)c4cccc-3c24)cc1. The molecule has 12 rings (SSSR count). The summed E-state index contributed by atoms with van der Waals surface area (Å²) in [5.41, 5.74) is 18.0. The highest BCUT2D eigenvalue weighted by Gasteiger charge is 2.31. The maximum Gasteiger partial charge on any atom is 0.0434 e. The van der Waals surface area contributed by atoms with E-state index in [-0.39, 0.29) is 0 Å². The molecular formula is C56H36S. The quantitative estimate of drug-likeness (QED) is 0.169. The molecule has 0 radical (unpaired) electrons. The Kier molecular flexibility index (Phi) is 7.03. The van der Waals surface area contributed by atoms with E-state index in [0.717, 1.165) is 0 Å². The van der Waals surface area contributed by atoms with Gasteiger partial charge in [0.15, 0.2) is 0 Å². The summed E-state index contributed by atoms with van der Waals surface area (Å²) < 4.78 is 2.65. The summed E-state index contributed by atoms with van der Waals surface area (Å²) in [6.07, 6.45) is 0. The van der Waals surface area contributed by atoms with Gasteiger partial charge in [0.25, 0.3) is 0 Å². The van der Waals surface area contributed by atoms with Crippen molar-refractivity contribution in [2.24, 2.45) is 0 Å². The summed E-state index contributed by atoms with van der Waals surface area (Å²) >= 11 is 1.91. The minimum absolute atomic E-state index is 1.25. The summed E-state index contributed by atoms with van der Waals surface area (Å²) in [5, 5.41) is 10.4. The Morgan fingerprint density at radius 3 is 1.54 bits per heavy atom. The van der Waals surface area contributed by atoms with Crippen LogP contribution < -0.4 is 0 Å². The predicted molar refractivity (Wildman–Crippen MR) is 247 cm³/mol. The van der Waals surface area contributed by atoms with Gasteiger partial charge in [-0.1, -0.05) is 175 Å². The molecule has 0 N–H and O–H groups in total. The van der Waals surface area contributed by atoms with Crippen LogP contribution in [0.3, 0.4) is 0 Å². The van der Waals surface area contributed by atoms with E-state index in [1.807, 2.05) is 11.3 Å². The molecule has 57 heavy (non-hydrogen) atoms. The Morgan fingerprint density at radius 1 is 0.316 bits per heavy atom. The first-order valence-corrected chi connectivity index (χ1v) is 20.7. The smallest absolute Gasteiger partial charge is 0.0434 e. The van der Waals surface area contributed by atoms with Crippen molar-refractivity contribution < 1.29 is 0 Å². The van der Waals surface area contributed by atoms with Crippen molar-refractivity contribution in [3.8, 4) is 66.8 Å². The van der Waals surface area contributed by atoms with Gasteiger partial charge in [0, 0.05) is 25.7 Å². The van der Waals surface area contributed by atoms with E-state index in [1.165, 1.54) is 130 Å². The maximum absolute atomic E-state index is 2.47. The molecule has 0 saturated heterocycles. The lowest BCUT2D eigenvalue weighted by Gasteiger charge is -2.20. The molecule has 0 aliphatic heterocycles. The molecule has 266 valence electrons. The van der Waals surface area contributed by atoms with Crippen LogP contribution in [0.25, 0.3) is 119 Å². The van der Waals surface area contributed by atoms with E-state index < -0.39 is 0 Å². The van der Waals surface area contributed by atoms with Crippen molar-refractivity contribution >= 4 is 63.8 Å². The lowest BCUT2D eigenvalue weighted by atomic mass is 9.82. The Bertz CT molecular complexity index is 3350. The monoisotopic (exact) mass is 740 g/mol. The van der Waals surface area contributed by atoms with Gasteiger partial charge in [0.05, 0.1) is 0 Å². The lowest BCUT2D eigenvalue weighted by molar-refractivity contribution is 1.47. The van der Waals surface area contributed by atoms with E-state index in [1.54, 1.807) is 0 Å². The van der Waals surface area contributed by atoms with Gasteiger partial charge in [-0.3, -0.25) is 0 Å².